The third-order valence-corrected chi connectivity index (χ3v) is 2.75. The van der Waals surface area contributed by atoms with E-state index >= 15 is 0 Å². The molecule has 14 heavy (non-hydrogen) atoms. The number of anilines is 1. The molecule has 0 radical (unpaired) electrons. The van der Waals surface area contributed by atoms with Crippen LogP contribution in [0.5, 0.6) is 0 Å². The van der Waals surface area contributed by atoms with Crippen molar-refractivity contribution in [3.8, 4) is 0 Å². The van der Waals surface area contributed by atoms with Gasteiger partial charge in [-0.2, -0.15) is 0 Å². The van der Waals surface area contributed by atoms with E-state index in [1.807, 2.05) is 18.3 Å². The summed E-state index contributed by atoms with van der Waals surface area (Å²) in [4.78, 5) is 6.59. The SMILES string of the molecule is CN(c1ccccn1)C1CCOCC1. The first-order valence-electron chi connectivity index (χ1n) is 5.09. The van der Waals surface area contributed by atoms with Crippen LogP contribution in [0.4, 0.5) is 5.82 Å². The molecule has 1 aromatic heterocycles. The first-order chi connectivity index (χ1) is 6.88. The molecule has 1 aromatic rings. The molecular formula is C11H16N2O. The van der Waals surface area contributed by atoms with Gasteiger partial charge < -0.3 is 9.64 Å². The van der Waals surface area contributed by atoms with Crippen molar-refractivity contribution in [1.82, 2.24) is 4.98 Å². The van der Waals surface area contributed by atoms with E-state index in [9.17, 15) is 0 Å². The highest BCUT2D eigenvalue weighted by Crippen LogP contribution is 2.18. The topological polar surface area (TPSA) is 25.4 Å². The van der Waals surface area contributed by atoms with E-state index in [-0.39, 0.29) is 0 Å². The van der Waals surface area contributed by atoms with Gasteiger partial charge in [-0.05, 0) is 25.0 Å². The van der Waals surface area contributed by atoms with E-state index in [1.165, 1.54) is 0 Å². The van der Waals surface area contributed by atoms with Gasteiger partial charge in [-0.15, -0.1) is 0 Å². The Morgan fingerprint density at radius 2 is 2.14 bits per heavy atom. The van der Waals surface area contributed by atoms with Crippen molar-refractivity contribution in [3.05, 3.63) is 24.4 Å². The lowest BCUT2D eigenvalue weighted by molar-refractivity contribution is 0.0853. The summed E-state index contributed by atoms with van der Waals surface area (Å²) < 4.78 is 5.34. The minimum atomic E-state index is 0.582. The average Bonchev–Trinajstić information content (AvgIpc) is 2.30. The number of nitrogens with zero attached hydrogens (tertiary/aromatic N) is 2. The maximum absolute atomic E-state index is 5.34. The first kappa shape index (κ1) is 9.46. The molecule has 0 aromatic carbocycles. The van der Waals surface area contributed by atoms with Gasteiger partial charge in [-0.3, -0.25) is 0 Å². The van der Waals surface area contributed by atoms with Gasteiger partial charge in [0.2, 0.25) is 0 Å². The summed E-state index contributed by atoms with van der Waals surface area (Å²) in [7, 11) is 2.11. The first-order valence-corrected chi connectivity index (χ1v) is 5.09. The minimum absolute atomic E-state index is 0.582. The van der Waals surface area contributed by atoms with Crippen LogP contribution in [0.1, 0.15) is 12.8 Å². The maximum Gasteiger partial charge on any atom is 0.128 e. The summed E-state index contributed by atoms with van der Waals surface area (Å²) >= 11 is 0. The Kier molecular flexibility index (Phi) is 2.99. The Balaban J connectivity index is 2.03. The molecule has 2 heterocycles. The zero-order valence-electron chi connectivity index (χ0n) is 8.52. The van der Waals surface area contributed by atoms with E-state index in [0.29, 0.717) is 6.04 Å². The molecular weight excluding hydrogens is 176 g/mol. The third kappa shape index (κ3) is 2.04. The lowest BCUT2D eigenvalue weighted by Gasteiger charge is -2.31. The normalized spacial score (nSPS) is 18.1. The standard InChI is InChI=1S/C11H16N2O/c1-13(10-5-8-14-9-6-10)11-4-2-3-7-12-11/h2-4,7,10H,5-6,8-9H2,1H3. The Morgan fingerprint density at radius 3 is 2.79 bits per heavy atom. The molecule has 1 aliphatic rings. The van der Waals surface area contributed by atoms with Gasteiger partial charge in [-0.1, -0.05) is 6.07 Å². The molecule has 76 valence electrons. The number of aromatic nitrogens is 1. The molecule has 2 rings (SSSR count). The van der Waals surface area contributed by atoms with Crippen LogP contribution in [0.25, 0.3) is 0 Å². The number of ether oxygens (including phenoxy) is 1. The van der Waals surface area contributed by atoms with Crippen molar-refractivity contribution in [3.63, 3.8) is 0 Å². The van der Waals surface area contributed by atoms with Crippen molar-refractivity contribution in [2.75, 3.05) is 25.2 Å². The Bertz CT molecular complexity index is 270. The lowest BCUT2D eigenvalue weighted by Crippen LogP contribution is -2.37. The van der Waals surface area contributed by atoms with Crippen molar-refractivity contribution < 1.29 is 4.74 Å². The summed E-state index contributed by atoms with van der Waals surface area (Å²) in [5.74, 6) is 1.06. The second-order valence-electron chi connectivity index (χ2n) is 3.64. The number of hydrogen-bond acceptors (Lipinski definition) is 3. The Hall–Kier alpha value is -1.09. The molecule has 0 bridgehead atoms. The third-order valence-electron chi connectivity index (χ3n) is 2.75. The molecule has 0 aliphatic carbocycles. The molecule has 0 N–H and O–H groups in total. The van der Waals surface area contributed by atoms with E-state index in [1.54, 1.807) is 0 Å². The van der Waals surface area contributed by atoms with E-state index in [2.05, 4.69) is 23.0 Å². The molecule has 0 spiro atoms. The van der Waals surface area contributed by atoms with Gasteiger partial charge >= 0.3 is 0 Å². The van der Waals surface area contributed by atoms with Gasteiger partial charge in [-0.25, -0.2) is 4.98 Å². The highest BCUT2D eigenvalue weighted by Gasteiger charge is 2.18. The predicted octanol–water partition coefficient (Wildman–Crippen LogP) is 1.70. The van der Waals surface area contributed by atoms with Crippen LogP contribution in [-0.4, -0.2) is 31.3 Å². The fraction of sp³-hybridized carbons (Fsp3) is 0.545. The summed E-state index contributed by atoms with van der Waals surface area (Å²) in [5, 5.41) is 0. The van der Waals surface area contributed by atoms with Crippen LogP contribution in [-0.2, 0) is 4.74 Å². The van der Waals surface area contributed by atoms with E-state index < -0.39 is 0 Å². The molecule has 0 unspecified atom stereocenters. The number of rotatable bonds is 2. The fourth-order valence-corrected chi connectivity index (χ4v) is 1.82. The molecule has 1 aliphatic heterocycles. The summed E-state index contributed by atoms with van der Waals surface area (Å²) in [6, 6.07) is 6.60. The Morgan fingerprint density at radius 1 is 1.36 bits per heavy atom. The van der Waals surface area contributed by atoms with Gasteiger partial charge in [0, 0.05) is 32.5 Å². The van der Waals surface area contributed by atoms with Gasteiger partial charge in [0.15, 0.2) is 0 Å². The molecule has 3 heteroatoms. The molecule has 0 amide bonds. The zero-order valence-corrected chi connectivity index (χ0v) is 8.52. The zero-order chi connectivity index (χ0) is 9.80. The lowest BCUT2D eigenvalue weighted by atomic mass is 10.1. The van der Waals surface area contributed by atoms with Gasteiger partial charge in [0.1, 0.15) is 5.82 Å². The molecule has 1 fully saturated rings. The molecule has 0 saturated carbocycles. The second kappa shape index (κ2) is 4.42. The van der Waals surface area contributed by atoms with Crippen molar-refractivity contribution in [2.24, 2.45) is 0 Å². The largest absolute Gasteiger partial charge is 0.381 e. The van der Waals surface area contributed by atoms with Crippen molar-refractivity contribution in [2.45, 2.75) is 18.9 Å². The summed E-state index contributed by atoms with van der Waals surface area (Å²) in [5.41, 5.74) is 0. The smallest absolute Gasteiger partial charge is 0.128 e. The maximum atomic E-state index is 5.34. The van der Waals surface area contributed by atoms with E-state index in [4.69, 9.17) is 4.74 Å². The fourth-order valence-electron chi connectivity index (χ4n) is 1.82. The molecule has 1 saturated heterocycles. The van der Waals surface area contributed by atoms with Crippen LogP contribution < -0.4 is 4.90 Å². The quantitative estimate of drug-likeness (QED) is 0.713. The van der Waals surface area contributed by atoms with Gasteiger partial charge in [0.25, 0.3) is 0 Å². The van der Waals surface area contributed by atoms with Gasteiger partial charge in [0.05, 0.1) is 0 Å². The Labute approximate surface area is 84.7 Å². The highest BCUT2D eigenvalue weighted by molar-refractivity contribution is 5.37. The summed E-state index contributed by atoms with van der Waals surface area (Å²) in [6.45, 7) is 1.75. The minimum Gasteiger partial charge on any atom is -0.381 e. The second-order valence-corrected chi connectivity index (χ2v) is 3.64. The van der Waals surface area contributed by atoms with Crippen molar-refractivity contribution in [1.29, 1.82) is 0 Å². The summed E-state index contributed by atoms with van der Waals surface area (Å²) in [6.07, 6.45) is 4.05. The van der Waals surface area contributed by atoms with Crippen LogP contribution in [0.15, 0.2) is 24.4 Å². The van der Waals surface area contributed by atoms with Crippen molar-refractivity contribution >= 4 is 5.82 Å². The average molecular weight is 192 g/mol. The molecule has 3 nitrogen and oxygen atoms in total. The highest BCUT2D eigenvalue weighted by atomic mass is 16.5. The van der Waals surface area contributed by atoms with Crippen LogP contribution in [0, 0.1) is 0 Å². The molecule has 0 atom stereocenters. The van der Waals surface area contributed by atoms with Crippen LogP contribution >= 0.6 is 0 Å². The van der Waals surface area contributed by atoms with E-state index in [0.717, 1.165) is 31.9 Å². The number of pyridine rings is 1. The predicted molar refractivity (Wildman–Crippen MR) is 56.5 cm³/mol. The number of hydrogen-bond donors (Lipinski definition) is 0. The van der Waals surface area contributed by atoms with Crippen LogP contribution in [0.3, 0.4) is 0 Å². The van der Waals surface area contributed by atoms with Crippen LogP contribution in [0.2, 0.25) is 0 Å². The monoisotopic (exact) mass is 192 g/mol.